The maximum Gasteiger partial charge on any atom is 0.275 e. The number of hydrogen-bond donors (Lipinski definition) is 1. The van der Waals surface area contributed by atoms with Crippen LogP contribution in [0.4, 0.5) is 0 Å². The van der Waals surface area contributed by atoms with Crippen LogP contribution < -0.4 is 14.8 Å². The summed E-state index contributed by atoms with van der Waals surface area (Å²) in [6.07, 6.45) is 1.88. The van der Waals surface area contributed by atoms with Crippen LogP contribution in [-0.4, -0.2) is 25.0 Å². The highest BCUT2D eigenvalue weighted by Crippen LogP contribution is 2.20. The van der Waals surface area contributed by atoms with Gasteiger partial charge in [0.1, 0.15) is 23.0 Å². The lowest BCUT2D eigenvalue weighted by Gasteiger charge is -2.09. The second-order valence-corrected chi connectivity index (χ2v) is 5.91. The molecule has 0 bridgehead atoms. The van der Waals surface area contributed by atoms with E-state index in [4.69, 9.17) is 9.47 Å². The summed E-state index contributed by atoms with van der Waals surface area (Å²) < 4.78 is 10.8. The molecule has 0 aliphatic carbocycles. The van der Waals surface area contributed by atoms with Crippen LogP contribution >= 0.6 is 0 Å². The minimum Gasteiger partial charge on any atom is -0.497 e. The van der Waals surface area contributed by atoms with Crippen LogP contribution in [0.15, 0.2) is 59.2 Å². The first-order valence-corrected chi connectivity index (χ1v) is 8.08. The van der Waals surface area contributed by atoms with Crippen molar-refractivity contribution in [1.29, 1.82) is 0 Å². The normalized spacial score (nSPS) is 15.3. The van der Waals surface area contributed by atoms with Crippen molar-refractivity contribution in [3.05, 3.63) is 65.4 Å². The van der Waals surface area contributed by atoms with Gasteiger partial charge in [0.2, 0.25) is 0 Å². The molecule has 2 aromatic rings. The van der Waals surface area contributed by atoms with Gasteiger partial charge < -0.3 is 14.8 Å². The molecule has 0 aromatic heterocycles. The number of nitrogens with one attached hydrogen (secondary N) is 1. The lowest BCUT2D eigenvalue weighted by atomic mass is 10.2. The zero-order valence-corrected chi connectivity index (χ0v) is 14.4. The van der Waals surface area contributed by atoms with Crippen molar-refractivity contribution >= 4 is 17.8 Å². The van der Waals surface area contributed by atoms with E-state index in [0.717, 1.165) is 16.9 Å². The second kappa shape index (κ2) is 7.21. The van der Waals surface area contributed by atoms with Gasteiger partial charge in [0.15, 0.2) is 0 Å². The standard InChI is InChI=1S/C20H20N2O3/c1-13(2)25-16-9-7-14(8-10-16)11-18-20(23)22-19(21-18)15-5-4-6-17(12-15)24-3/h4-13H,1-3H3,(H,21,22,23)/b18-11+. The molecular formula is C20H20N2O3. The average molecular weight is 336 g/mol. The van der Waals surface area contributed by atoms with Crippen LogP contribution in [0.25, 0.3) is 6.08 Å². The lowest BCUT2D eigenvalue weighted by Crippen LogP contribution is -2.24. The van der Waals surface area contributed by atoms with Crippen LogP contribution in [-0.2, 0) is 4.79 Å². The molecule has 1 aliphatic rings. The van der Waals surface area contributed by atoms with E-state index in [-0.39, 0.29) is 12.0 Å². The van der Waals surface area contributed by atoms with Gasteiger partial charge in [-0.1, -0.05) is 24.3 Å². The SMILES string of the molecule is COc1cccc(C2=N/C(=C/c3ccc(OC(C)C)cc3)C(=O)N2)c1. The predicted molar refractivity (Wildman–Crippen MR) is 97.9 cm³/mol. The summed E-state index contributed by atoms with van der Waals surface area (Å²) in [4.78, 5) is 16.6. The zero-order valence-electron chi connectivity index (χ0n) is 14.4. The molecule has 0 fully saturated rings. The van der Waals surface area contributed by atoms with Crippen LogP contribution in [0, 0.1) is 0 Å². The van der Waals surface area contributed by atoms with Gasteiger partial charge in [0.25, 0.3) is 5.91 Å². The third kappa shape index (κ3) is 4.07. The summed E-state index contributed by atoms with van der Waals surface area (Å²) in [5.41, 5.74) is 2.06. The average Bonchev–Trinajstić information content (AvgIpc) is 2.97. The molecule has 1 N–H and O–H groups in total. The molecule has 0 saturated heterocycles. The molecule has 1 amide bonds. The van der Waals surface area contributed by atoms with Crippen molar-refractivity contribution in [1.82, 2.24) is 5.32 Å². The molecule has 128 valence electrons. The summed E-state index contributed by atoms with van der Waals surface area (Å²) in [6, 6.07) is 15.0. The summed E-state index contributed by atoms with van der Waals surface area (Å²) in [5.74, 6) is 1.82. The molecule has 1 heterocycles. The molecule has 3 rings (SSSR count). The molecule has 2 aromatic carbocycles. The summed E-state index contributed by atoms with van der Waals surface area (Å²) in [5, 5.41) is 2.79. The minimum atomic E-state index is -0.222. The van der Waals surface area contributed by atoms with E-state index in [1.165, 1.54) is 0 Å². The first kappa shape index (κ1) is 16.8. The van der Waals surface area contributed by atoms with Gasteiger partial charge in [-0.05, 0) is 49.8 Å². The van der Waals surface area contributed by atoms with Crippen molar-refractivity contribution in [2.24, 2.45) is 4.99 Å². The molecule has 0 spiro atoms. The van der Waals surface area contributed by atoms with Gasteiger partial charge in [-0.2, -0.15) is 0 Å². The van der Waals surface area contributed by atoms with Gasteiger partial charge >= 0.3 is 0 Å². The Kier molecular flexibility index (Phi) is 4.84. The van der Waals surface area contributed by atoms with Crippen molar-refractivity contribution in [3.8, 4) is 11.5 Å². The molecule has 25 heavy (non-hydrogen) atoms. The van der Waals surface area contributed by atoms with Crippen molar-refractivity contribution in [2.45, 2.75) is 20.0 Å². The zero-order chi connectivity index (χ0) is 17.8. The second-order valence-electron chi connectivity index (χ2n) is 5.91. The molecular weight excluding hydrogens is 316 g/mol. The third-order valence-corrected chi connectivity index (χ3v) is 3.60. The summed E-state index contributed by atoms with van der Waals surface area (Å²) in [6.45, 7) is 3.96. The number of nitrogens with zero attached hydrogens (tertiary/aromatic N) is 1. The quantitative estimate of drug-likeness (QED) is 0.851. The van der Waals surface area contributed by atoms with E-state index >= 15 is 0 Å². The maximum absolute atomic E-state index is 12.2. The van der Waals surface area contributed by atoms with E-state index in [1.807, 2.05) is 62.4 Å². The van der Waals surface area contributed by atoms with Crippen LogP contribution in [0.3, 0.4) is 0 Å². The van der Waals surface area contributed by atoms with Gasteiger partial charge in [-0.25, -0.2) is 4.99 Å². The molecule has 1 aliphatic heterocycles. The van der Waals surface area contributed by atoms with E-state index in [1.54, 1.807) is 13.2 Å². The highest BCUT2D eigenvalue weighted by molar-refractivity contribution is 6.19. The van der Waals surface area contributed by atoms with Gasteiger partial charge in [0, 0.05) is 5.56 Å². The number of benzene rings is 2. The monoisotopic (exact) mass is 336 g/mol. The van der Waals surface area contributed by atoms with E-state index < -0.39 is 0 Å². The van der Waals surface area contributed by atoms with Gasteiger partial charge in [0.05, 0.1) is 13.2 Å². The molecule has 5 nitrogen and oxygen atoms in total. The van der Waals surface area contributed by atoms with E-state index in [9.17, 15) is 4.79 Å². The molecule has 0 saturated carbocycles. The smallest absolute Gasteiger partial charge is 0.275 e. The highest BCUT2D eigenvalue weighted by atomic mass is 16.5. The molecule has 5 heteroatoms. The number of amides is 1. The fourth-order valence-electron chi connectivity index (χ4n) is 2.45. The van der Waals surface area contributed by atoms with Crippen LogP contribution in [0.2, 0.25) is 0 Å². The largest absolute Gasteiger partial charge is 0.497 e. The fraction of sp³-hybridized carbons (Fsp3) is 0.200. The van der Waals surface area contributed by atoms with Gasteiger partial charge in [-0.3, -0.25) is 4.79 Å². The Morgan fingerprint density at radius 3 is 2.52 bits per heavy atom. The first-order valence-electron chi connectivity index (χ1n) is 8.08. The van der Waals surface area contributed by atoms with Crippen LogP contribution in [0.5, 0.6) is 11.5 Å². The molecule has 0 unspecified atom stereocenters. The molecule has 0 atom stereocenters. The predicted octanol–water partition coefficient (Wildman–Crippen LogP) is 3.40. The Morgan fingerprint density at radius 2 is 1.84 bits per heavy atom. The highest BCUT2D eigenvalue weighted by Gasteiger charge is 2.21. The Morgan fingerprint density at radius 1 is 1.08 bits per heavy atom. The van der Waals surface area contributed by atoms with E-state index in [2.05, 4.69) is 10.3 Å². The number of carbonyl (C=O) groups is 1. The fourth-order valence-corrected chi connectivity index (χ4v) is 2.45. The Hall–Kier alpha value is -3.08. The third-order valence-electron chi connectivity index (χ3n) is 3.60. The van der Waals surface area contributed by atoms with Crippen molar-refractivity contribution in [3.63, 3.8) is 0 Å². The van der Waals surface area contributed by atoms with Crippen LogP contribution in [0.1, 0.15) is 25.0 Å². The Balaban J connectivity index is 1.83. The van der Waals surface area contributed by atoms with Crippen molar-refractivity contribution in [2.75, 3.05) is 7.11 Å². The minimum absolute atomic E-state index is 0.125. The number of rotatable bonds is 5. The van der Waals surface area contributed by atoms with E-state index in [0.29, 0.717) is 17.3 Å². The Bertz CT molecular complexity index is 836. The first-order chi connectivity index (χ1) is 12.0. The number of methoxy groups -OCH3 is 1. The lowest BCUT2D eigenvalue weighted by molar-refractivity contribution is -0.115. The number of amidine groups is 1. The maximum atomic E-state index is 12.2. The van der Waals surface area contributed by atoms with Gasteiger partial charge in [-0.15, -0.1) is 0 Å². The van der Waals surface area contributed by atoms with Crippen molar-refractivity contribution < 1.29 is 14.3 Å². The number of hydrogen-bond acceptors (Lipinski definition) is 4. The molecule has 0 radical (unpaired) electrons. The topological polar surface area (TPSA) is 59.9 Å². The summed E-state index contributed by atoms with van der Waals surface area (Å²) >= 11 is 0. The number of carbonyl (C=O) groups excluding carboxylic acids is 1. The Labute approximate surface area is 147 Å². The number of aliphatic imine (C=N–C) groups is 1. The summed E-state index contributed by atoms with van der Waals surface area (Å²) in [7, 11) is 1.60. The number of ether oxygens (including phenoxy) is 2.